The van der Waals surface area contributed by atoms with Crippen molar-refractivity contribution in [1.82, 2.24) is 0 Å². The molecule has 0 saturated heterocycles. The van der Waals surface area contributed by atoms with Crippen LogP contribution in [0.15, 0.2) is 24.3 Å². The highest BCUT2D eigenvalue weighted by atomic mass is 16.1. The van der Waals surface area contributed by atoms with Crippen LogP contribution in [-0.4, -0.2) is 11.8 Å². The van der Waals surface area contributed by atoms with Gasteiger partial charge in [-0.3, -0.25) is 4.79 Å². The molecule has 1 saturated carbocycles. The quantitative estimate of drug-likeness (QED) is 0.803. The first kappa shape index (κ1) is 12.2. The SMILES string of the molecule is CC(=O)c1ccc(NC2C(C)(C)C2(C)C)cc1. The smallest absolute Gasteiger partial charge is 0.159 e. The van der Waals surface area contributed by atoms with Crippen LogP contribution in [0, 0.1) is 10.8 Å². The molecule has 0 bridgehead atoms. The van der Waals surface area contributed by atoms with E-state index in [1.54, 1.807) is 6.92 Å². The number of hydrogen-bond acceptors (Lipinski definition) is 2. The average molecular weight is 231 g/mol. The van der Waals surface area contributed by atoms with E-state index in [-0.39, 0.29) is 5.78 Å². The maximum absolute atomic E-state index is 11.2. The number of rotatable bonds is 3. The molecule has 1 N–H and O–H groups in total. The normalized spacial score (nSPS) is 21.0. The van der Waals surface area contributed by atoms with Gasteiger partial charge < -0.3 is 5.32 Å². The Morgan fingerprint density at radius 2 is 1.53 bits per heavy atom. The summed E-state index contributed by atoms with van der Waals surface area (Å²) >= 11 is 0. The molecule has 2 heteroatoms. The maximum atomic E-state index is 11.2. The molecule has 0 spiro atoms. The highest BCUT2D eigenvalue weighted by Crippen LogP contribution is 2.63. The first-order valence-electron chi connectivity index (χ1n) is 6.14. The van der Waals surface area contributed by atoms with Crippen LogP contribution in [-0.2, 0) is 0 Å². The fourth-order valence-electron chi connectivity index (χ4n) is 2.53. The molecule has 0 radical (unpaired) electrons. The van der Waals surface area contributed by atoms with Gasteiger partial charge in [-0.05, 0) is 42.0 Å². The lowest BCUT2D eigenvalue weighted by Crippen LogP contribution is -2.09. The molecule has 1 aliphatic carbocycles. The van der Waals surface area contributed by atoms with Gasteiger partial charge in [0.15, 0.2) is 5.78 Å². The van der Waals surface area contributed by atoms with Crippen molar-refractivity contribution >= 4 is 11.5 Å². The van der Waals surface area contributed by atoms with E-state index >= 15 is 0 Å². The molecule has 0 unspecified atom stereocenters. The molecule has 1 fully saturated rings. The summed E-state index contributed by atoms with van der Waals surface area (Å²) in [7, 11) is 0. The van der Waals surface area contributed by atoms with Gasteiger partial charge in [-0.1, -0.05) is 27.7 Å². The van der Waals surface area contributed by atoms with E-state index in [0.29, 0.717) is 16.9 Å². The van der Waals surface area contributed by atoms with Crippen LogP contribution >= 0.6 is 0 Å². The Bertz CT molecular complexity index is 428. The molecule has 0 aromatic heterocycles. The summed E-state index contributed by atoms with van der Waals surface area (Å²) in [5.41, 5.74) is 2.52. The Labute approximate surface area is 103 Å². The second-order valence-corrected chi connectivity index (χ2v) is 6.15. The summed E-state index contributed by atoms with van der Waals surface area (Å²) in [5, 5.41) is 3.55. The number of carbonyl (C=O) groups is 1. The van der Waals surface area contributed by atoms with Gasteiger partial charge in [0.05, 0.1) is 0 Å². The molecule has 17 heavy (non-hydrogen) atoms. The molecule has 0 heterocycles. The minimum absolute atomic E-state index is 0.114. The number of hydrogen-bond donors (Lipinski definition) is 1. The van der Waals surface area contributed by atoms with E-state index in [2.05, 4.69) is 33.0 Å². The molecule has 0 aliphatic heterocycles. The lowest BCUT2D eigenvalue weighted by molar-refractivity contribution is 0.101. The highest BCUT2D eigenvalue weighted by molar-refractivity contribution is 5.94. The third kappa shape index (κ3) is 1.86. The molecule has 2 rings (SSSR count). The number of benzene rings is 1. The van der Waals surface area contributed by atoms with E-state index in [9.17, 15) is 4.79 Å². The summed E-state index contributed by atoms with van der Waals surface area (Å²) in [4.78, 5) is 11.2. The van der Waals surface area contributed by atoms with Crippen molar-refractivity contribution in [3.8, 4) is 0 Å². The van der Waals surface area contributed by atoms with Crippen LogP contribution < -0.4 is 5.32 Å². The minimum atomic E-state index is 0.114. The Balaban J connectivity index is 2.09. The third-order valence-corrected chi connectivity index (χ3v) is 4.62. The average Bonchev–Trinajstić information content (AvgIpc) is 2.62. The first-order chi connectivity index (χ1) is 7.76. The summed E-state index contributed by atoms with van der Waals surface area (Å²) in [6.45, 7) is 10.7. The lowest BCUT2D eigenvalue weighted by atomic mass is 10.0. The Morgan fingerprint density at radius 3 is 1.88 bits per heavy atom. The third-order valence-electron chi connectivity index (χ3n) is 4.62. The van der Waals surface area contributed by atoms with Crippen LogP contribution in [0.3, 0.4) is 0 Å². The monoisotopic (exact) mass is 231 g/mol. The highest BCUT2D eigenvalue weighted by Gasteiger charge is 2.64. The van der Waals surface area contributed by atoms with Gasteiger partial charge in [-0.15, -0.1) is 0 Å². The molecule has 2 nitrogen and oxygen atoms in total. The zero-order chi connectivity index (χ0) is 12.8. The summed E-state index contributed by atoms with van der Waals surface area (Å²) in [5.74, 6) is 0.114. The Morgan fingerprint density at radius 1 is 1.06 bits per heavy atom. The Kier molecular flexibility index (Phi) is 2.57. The molecule has 1 aromatic rings. The van der Waals surface area contributed by atoms with E-state index in [1.165, 1.54) is 0 Å². The van der Waals surface area contributed by atoms with E-state index in [4.69, 9.17) is 0 Å². The Hall–Kier alpha value is -1.31. The predicted octanol–water partition coefficient (Wildman–Crippen LogP) is 3.74. The van der Waals surface area contributed by atoms with Crippen LogP contribution in [0.5, 0.6) is 0 Å². The van der Waals surface area contributed by atoms with Gasteiger partial charge in [0, 0.05) is 17.3 Å². The zero-order valence-corrected chi connectivity index (χ0v) is 11.3. The van der Waals surface area contributed by atoms with Gasteiger partial charge in [-0.25, -0.2) is 0 Å². The van der Waals surface area contributed by atoms with E-state index < -0.39 is 0 Å². The second-order valence-electron chi connectivity index (χ2n) is 6.15. The fraction of sp³-hybridized carbons (Fsp3) is 0.533. The number of anilines is 1. The van der Waals surface area contributed by atoms with Crippen molar-refractivity contribution in [2.24, 2.45) is 10.8 Å². The van der Waals surface area contributed by atoms with Gasteiger partial charge in [0.1, 0.15) is 0 Å². The predicted molar refractivity (Wildman–Crippen MR) is 71.4 cm³/mol. The second kappa shape index (κ2) is 3.59. The van der Waals surface area contributed by atoms with Gasteiger partial charge >= 0.3 is 0 Å². The molecule has 0 atom stereocenters. The molecule has 1 aromatic carbocycles. The molecule has 92 valence electrons. The summed E-state index contributed by atoms with van der Waals surface area (Å²) < 4.78 is 0. The van der Waals surface area contributed by atoms with Crippen molar-refractivity contribution in [2.75, 3.05) is 5.32 Å². The molecular formula is C15H21NO. The van der Waals surface area contributed by atoms with E-state index in [0.717, 1.165) is 11.3 Å². The van der Waals surface area contributed by atoms with Crippen LogP contribution in [0.25, 0.3) is 0 Å². The van der Waals surface area contributed by atoms with Crippen molar-refractivity contribution in [3.63, 3.8) is 0 Å². The van der Waals surface area contributed by atoms with Crippen molar-refractivity contribution in [2.45, 2.75) is 40.7 Å². The fourth-order valence-corrected chi connectivity index (χ4v) is 2.53. The number of carbonyl (C=O) groups excluding carboxylic acids is 1. The van der Waals surface area contributed by atoms with Crippen LogP contribution in [0.4, 0.5) is 5.69 Å². The van der Waals surface area contributed by atoms with Gasteiger partial charge in [0.2, 0.25) is 0 Å². The molecule has 0 amide bonds. The number of Topliss-reactive ketones (excluding diaryl/α,β-unsaturated/α-hetero) is 1. The topological polar surface area (TPSA) is 29.1 Å². The minimum Gasteiger partial charge on any atom is -0.381 e. The first-order valence-corrected chi connectivity index (χ1v) is 6.14. The summed E-state index contributed by atoms with van der Waals surface area (Å²) in [6, 6.07) is 8.24. The van der Waals surface area contributed by atoms with E-state index in [1.807, 2.05) is 24.3 Å². The van der Waals surface area contributed by atoms with Crippen LogP contribution in [0.1, 0.15) is 45.0 Å². The molecule has 1 aliphatic rings. The lowest BCUT2D eigenvalue weighted by Gasteiger charge is -2.08. The standard InChI is InChI=1S/C15H21NO/c1-10(17)11-6-8-12(9-7-11)16-13-14(2,3)15(13,4)5/h6-9,13,16H,1-5H3. The van der Waals surface area contributed by atoms with Gasteiger partial charge in [0.25, 0.3) is 0 Å². The van der Waals surface area contributed by atoms with Crippen LogP contribution in [0.2, 0.25) is 0 Å². The summed E-state index contributed by atoms with van der Waals surface area (Å²) in [6.07, 6.45) is 0. The maximum Gasteiger partial charge on any atom is 0.159 e. The van der Waals surface area contributed by atoms with Crippen molar-refractivity contribution in [1.29, 1.82) is 0 Å². The van der Waals surface area contributed by atoms with Crippen molar-refractivity contribution < 1.29 is 4.79 Å². The van der Waals surface area contributed by atoms with Gasteiger partial charge in [-0.2, -0.15) is 0 Å². The number of ketones is 1. The van der Waals surface area contributed by atoms with Crippen molar-refractivity contribution in [3.05, 3.63) is 29.8 Å². The molecular weight excluding hydrogens is 210 g/mol. The largest absolute Gasteiger partial charge is 0.381 e. The number of nitrogens with one attached hydrogen (secondary N) is 1. The zero-order valence-electron chi connectivity index (χ0n) is 11.3.